The monoisotopic (exact) mass is 471 g/mol. The fourth-order valence-corrected chi connectivity index (χ4v) is 3.34. The lowest BCUT2D eigenvalue weighted by Crippen LogP contribution is -2.47. The van der Waals surface area contributed by atoms with E-state index in [0.717, 1.165) is 0 Å². The SMILES string of the molecule is CC(Nc1c(F)c(F)nc(F)c1F)C(=O)NC1N=C(c2ccccc2)c2ccccc2NC1=O. The van der Waals surface area contributed by atoms with Crippen LogP contribution in [0.5, 0.6) is 0 Å². The van der Waals surface area contributed by atoms with Crippen molar-refractivity contribution in [3.8, 4) is 0 Å². The molecule has 0 fully saturated rings. The van der Waals surface area contributed by atoms with Crippen molar-refractivity contribution < 1.29 is 27.2 Å². The third-order valence-corrected chi connectivity index (χ3v) is 5.02. The van der Waals surface area contributed by atoms with E-state index in [2.05, 4.69) is 25.9 Å². The van der Waals surface area contributed by atoms with E-state index in [1.807, 2.05) is 6.07 Å². The minimum absolute atomic E-state index is 0.427. The first kappa shape index (κ1) is 22.9. The van der Waals surface area contributed by atoms with Gasteiger partial charge in [-0.25, -0.2) is 4.99 Å². The van der Waals surface area contributed by atoms with E-state index in [1.54, 1.807) is 48.5 Å². The number of aliphatic imine (C=N–C) groups is 1. The van der Waals surface area contributed by atoms with Gasteiger partial charge in [-0.2, -0.15) is 22.5 Å². The molecule has 34 heavy (non-hydrogen) atoms. The Morgan fingerprint density at radius 2 is 1.59 bits per heavy atom. The maximum atomic E-state index is 13.9. The lowest BCUT2D eigenvalue weighted by Gasteiger charge is -2.19. The van der Waals surface area contributed by atoms with Gasteiger partial charge in [-0.3, -0.25) is 9.59 Å². The molecule has 0 saturated heterocycles. The number of para-hydroxylation sites is 1. The van der Waals surface area contributed by atoms with Gasteiger partial charge in [0, 0.05) is 11.1 Å². The standard InChI is InChI=1S/C23H17F4N5O2/c1-11(28-18-15(24)19(26)31-20(27)16(18)25)22(33)32-21-23(34)29-14-10-6-5-9-13(14)17(30-21)12-7-3-2-4-8-12/h2-11,21H,1H3,(H,28,31)(H,29,34)(H,32,33). The summed E-state index contributed by atoms with van der Waals surface area (Å²) in [6, 6.07) is 14.5. The summed E-state index contributed by atoms with van der Waals surface area (Å²) in [5.41, 5.74) is 1.01. The van der Waals surface area contributed by atoms with Gasteiger partial charge in [-0.05, 0) is 13.0 Å². The molecule has 0 bridgehead atoms. The first-order valence-electron chi connectivity index (χ1n) is 10.1. The van der Waals surface area contributed by atoms with Crippen LogP contribution in [0.15, 0.2) is 59.6 Å². The van der Waals surface area contributed by atoms with E-state index in [1.165, 1.54) is 6.92 Å². The number of benzodiazepines with no additional fused rings is 1. The second kappa shape index (κ2) is 9.30. The van der Waals surface area contributed by atoms with Crippen molar-refractivity contribution in [3.05, 3.63) is 89.3 Å². The molecule has 2 unspecified atom stereocenters. The Morgan fingerprint density at radius 3 is 2.26 bits per heavy atom. The summed E-state index contributed by atoms with van der Waals surface area (Å²) in [5.74, 6) is -8.87. The molecule has 11 heteroatoms. The van der Waals surface area contributed by atoms with Gasteiger partial charge in [0.15, 0.2) is 0 Å². The van der Waals surface area contributed by atoms with E-state index in [-0.39, 0.29) is 0 Å². The molecule has 2 aromatic carbocycles. The van der Waals surface area contributed by atoms with Gasteiger partial charge >= 0.3 is 0 Å². The number of amides is 2. The number of nitrogens with zero attached hydrogens (tertiary/aromatic N) is 2. The number of benzene rings is 2. The third kappa shape index (κ3) is 4.45. The lowest BCUT2D eigenvalue weighted by atomic mass is 10.0. The molecule has 0 spiro atoms. The number of pyridine rings is 1. The van der Waals surface area contributed by atoms with E-state index in [0.29, 0.717) is 22.5 Å². The Hall–Kier alpha value is -4.28. The number of aromatic nitrogens is 1. The molecule has 3 N–H and O–H groups in total. The average Bonchev–Trinajstić information content (AvgIpc) is 2.97. The van der Waals surface area contributed by atoms with Crippen LogP contribution >= 0.6 is 0 Å². The average molecular weight is 471 g/mol. The Bertz CT molecular complexity index is 1270. The Labute approximate surface area is 190 Å². The van der Waals surface area contributed by atoms with Crippen molar-refractivity contribution in [1.82, 2.24) is 10.3 Å². The number of carbonyl (C=O) groups excluding carboxylic acids is 2. The van der Waals surface area contributed by atoms with Gasteiger partial charge < -0.3 is 16.0 Å². The molecule has 0 radical (unpaired) electrons. The zero-order valence-electron chi connectivity index (χ0n) is 17.6. The molecule has 4 rings (SSSR count). The molecular formula is C23H17F4N5O2. The van der Waals surface area contributed by atoms with Gasteiger partial charge in [0.1, 0.15) is 11.7 Å². The molecule has 174 valence electrons. The molecule has 1 aliphatic rings. The van der Waals surface area contributed by atoms with Gasteiger partial charge in [0.2, 0.25) is 23.7 Å². The van der Waals surface area contributed by atoms with E-state index in [9.17, 15) is 27.2 Å². The van der Waals surface area contributed by atoms with E-state index < -0.39 is 53.2 Å². The Morgan fingerprint density at radius 1 is 0.971 bits per heavy atom. The molecular weight excluding hydrogens is 454 g/mol. The first-order valence-corrected chi connectivity index (χ1v) is 10.1. The van der Waals surface area contributed by atoms with Crippen LogP contribution in [0, 0.1) is 23.5 Å². The van der Waals surface area contributed by atoms with Crippen molar-refractivity contribution in [2.75, 3.05) is 10.6 Å². The Balaban J connectivity index is 1.62. The van der Waals surface area contributed by atoms with Gasteiger partial charge in [0.25, 0.3) is 17.8 Å². The number of rotatable bonds is 5. The maximum Gasteiger partial charge on any atom is 0.269 e. The number of hydrogen-bond acceptors (Lipinski definition) is 5. The highest BCUT2D eigenvalue weighted by Crippen LogP contribution is 2.25. The largest absolute Gasteiger partial charge is 0.369 e. The minimum atomic E-state index is -1.87. The van der Waals surface area contributed by atoms with Crippen molar-refractivity contribution in [3.63, 3.8) is 0 Å². The number of anilines is 2. The van der Waals surface area contributed by atoms with E-state index >= 15 is 0 Å². The normalized spacial score (nSPS) is 16.0. The highest BCUT2D eigenvalue weighted by Gasteiger charge is 2.29. The highest BCUT2D eigenvalue weighted by molar-refractivity contribution is 6.19. The zero-order chi connectivity index (χ0) is 24.4. The summed E-state index contributed by atoms with van der Waals surface area (Å²) in [7, 11) is 0. The summed E-state index contributed by atoms with van der Waals surface area (Å²) in [6.07, 6.45) is -1.40. The summed E-state index contributed by atoms with van der Waals surface area (Å²) in [5, 5.41) is 7.14. The molecule has 7 nitrogen and oxygen atoms in total. The quantitative estimate of drug-likeness (QED) is 0.393. The predicted octanol–water partition coefficient (Wildman–Crippen LogP) is 3.37. The van der Waals surface area contributed by atoms with Gasteiger partial charge in [0.05, 0.1) is 11.4 Å². The van der Waals surface area contributed by atoms with Crippen molar-refractivity contribution in [2.24, 2.45) is 4.99 Å². The fraction of sp³-hybridized carbons (Fsp3) is 0.130. The molecule has 1 aromatic heterocycles. The van der Waals surface area contributed by atoms with Crippen molar-refractivity contribution >= 4 is 28.9 Å². The van der Waals surface area contributed by atoms with Crippen LogP contribution in [0.1, 0.15) is 18.1 Å². The van der Waals surface area contributed by atoms with Crippen LogP contribution in [0.25, 0.3) is 0 Å². The van der Waals surface area contributed by atoms with Crippen LogP contribution < -0.4 is 16.0 Å². The number of hydrogen-bond donors (Lipinski definition) is 3. The Kier molecular flexibility index (Phi) is 6.26. The first-order chi connectivity index (χ1) is 16.3. The summed E-state index contributed by atoms with van der Waals surface area (Å²) in [4.78, 5) is 32.4. The third-order valence-electron chi connectivity index (χ3n) is 5.02. The molecule has 0 saturated carbocycles. The maximum absolute atomic E-state index is 13.9. The zero-order valence-corrected chi connectivity index (χ0v) is 17.6. The van der Waals surface area contributed by atoms with Crippen LogP contribution in [-0.4, -0.2) is 34.7 Å². The number of nitrogens with one attached hydrogen (secondary N) is 3. The van der Waals surface area contributed by atoms with Gasteiger partial charge in [-0.15, -0.1) is 0 Å². The number of fused-ring (bicyclic) bond motifs is 1. The van der Waals surface area contributed by atoms with Crippen LogP contribution in [0.3, 0.4) is 0 Å². The van der Waals surface area contributed by atoms with Gasteiger partial charge in [-0.1, -0.05) is 48.5 Å². The van der Waals surface area contributed by atoms with Crippen LogP contribution in [-0.2, 0) is 9.59 Å². The smallest absolute Gasteiger partial charge is 0.269 e. The highest BCUT2D eigenvalue weighted by atomic mass is 19.2. The second-order valence-electron chi connectivity index (χ2n) is 7.35. The molecule has 2 heterocycles. The topological polar surface area (TPSA) is 95.5 Å². The predicted molar refractivity (Wildman–Crippen MR) is 116 cm³/mol. The van der Waals surface area contributed by atoms with Crippen LogP contribution in [0.4, 0.5) is 28.9 Å². The summed E-state index contributed by atoms with van der Waals surface area (Å²) < 4.78 is 54.6. The molecule has 2 atom stereocenters. The lowest BCUT2D eigenvalue weighted by molar-refractivity contribution is -0.126. The fourth-order valence-electron chi connectivity index (χ4n) is 3.34. The minimum Gasteiger partial charge on any atom is -0.369 e. The second-order valence-corrected chi connectivity index (χ2v) is 7.35. The molecule has 1 aliphatic heterocycles. The molecule has 2 amide bonds. The summed E-state index contributed by atoms with van der Waals surface area (Å²) in [6.45, 7) is 1.19. The molecule has 0 aliphatic carbocycles. The van der Waals surface area contributed by atoms with Crippen LogP contribution in [0.2, 0.25) is 0 Å². The molecule has 3 aromatic rings. The number of halogens is 4. The van der Waals surface area contributed by atoms with Crippen molar-refractivity contribution in [2.45, 2.75) is 19.1 Å². The number of carbonyl (C=O) groups is 2. The summed E-state index contributed by atoms with van der Waals surface area (Å²) >= 11 is 0. The van der Waals surface area contributed by atoms with E-state index in [4.69, 9.17) is 0 Å². The van der Waals surface area contributed by atoms with Crippen molar-refractivity contribution in [1.29, 1.82) is 0 Å².